The van der Waals surface area contributed by atoms with Crippen molar-refractivity contribution in [3.8, 4) is 0 Å². The van der Waals surface area contributed by atoms with Crippen molar-refractivity contribution >= 4 is 11.8 Å². The second-order valence-electron chi connectivity index (χ2n) is 3.03. The van der Waals surface area contributed by atoms with Gasteiger partial charge in [-0.2, -0.15) is 0 Å². The van der Waals surface area contributed by atoms with Gasteiger partial charge in [-0.25, -0.2) is 0 Å². The Hall–Kier alpha value is -0.510. The van der Waals surface area contributed by atoms with Gasteiger partial charge in [0, 0.05) is 18.1 Å². The number of nitrogens with one attached hydrogen (secondary N) is 1. The van der Waals surface area contributed by atoms with E-state index in [0.717, 1.165) is 18.7 Å². The molecule has 1 rings (SSSR count). The Kier molecular flexibility index (Phi) is 5.68. The van der Waals surface area contributed by atoms with Crippen LogP contribution in [0.5, 0.6) is 0 Å². The molecule has 3 heteroatoms. The zero-order valence-corrected chi connectivity index (χ0v) is 9.44. The van der Waals surface area contributed by atoms with Crippen LogP contribution in [0, 0.1) is 0 Å². The monoisotopic (exact) mass is 210 g/mol. The molecule has 0 unspecified atom stereocenters. The van der Waals surface area contributed by atoms with Crippen LogP contribution >= 0.6 is 11.8 Å². The summed E-state index contributed by atoms with van der Waals surface area (Å²) in [5.41, 5.74) is 6.71. The maximum absolute atomic E-state index is 5.34. The van der Waals surface area contributed by atoms with Crippen molar-refractivity contribution in [2.45, 2.75) is 18.2 Å². The van der Waals surface area contributed by atoms with Gasteiger partial charge in [0.1, 0.15) is 0 Å². The van der Waals surface area contributed by atoms with Crippen molar-refractivity contribution < 1.29 is 0 Å². The first kappa shape index (κ1) is 11.6. The Morgan fingerprint density at radius 3 is 2.57 bits per heavy atom. The minimum atomic E-state index is 0.559. The molecule has 0 aliphatic carbocycles. The fourth-order valence-corrected chi connectivity index (χ4v) is 1.92. The SMILES string of the molecule is CCSc1ccc(CCNCN)cc1. The lowest BCUT2D eigenvalue weighted by Crippen LogP contribution is -2.24. The third kappa shape index (κ3) is 4.13. The van der Waals surface area contributed by atoms with Gasteiger partial charge in [0.15, 0.2) is 0 Å². The highest BCUT2D eigenvalue weighted by atomic mass is 32.2. The van der Waals surface area contributed by atoms with Crippen LogP contribution in [0.2, 0.25) is 0 Å². The molecule has 0 aromatic heterocycles. The summed E-state index contributed by atoms with van der Waals surface area (Å²) in [6, 6.07) is 8.75. The molecule has 78 valence electrons. The van der Waals surface area contributed by atoms with Crippen LogP contribution in [0.3, 0.4) is 0 Å². The van der Waals surface area contributed by atoms with E-state index in [4.69, 9.17) is 5.73 Å². The molecule has 0 atom stereocenters. The minimum absolute atomic E-state index is 0.559. The highest BCUT2D eigenvalue weighted by molar-refractivity contribution is 7.99. The molecule has 14 heavy (non-hydrogen) atoms. The number of nitrogens with two attached hydrogens (primary N) is 1. The van der Waals surface area contributed by atoms with E-state index < -0.39 is 0 Å². The molecular weight excluding hydrogens is 192 g/mol. The molecule has 1 aromatic rings. The summed E-state index contributed by atoms with van der Waals surface area (Å²) in [6.07, 6.45) is 1.05. The second kappa shape index (κ2) is 6.87. The van der Waals surface area contributed by atoms with E-state index in [1.807, 2.05) is 11.8 Å². The summed E-state index contributed by atoms with van der Waals surface area (Å²) >= 11 is 1.88. The average Bonchev–Trinajstić information content (AvgIpc) is 2.21. The molecule has 1 aromatic carbocycles. The summed E-state index contributed by atoms with van der Waals surface area (Å²) in [5, 5.41) is 3.11. The van der Waals surface area contributed by atoms with Crippen LogP contribution in [-0.2, 0) is 6.42 Å². The van der Waals surface area contributed by atoms with E-state index in [0.29, 0.717) is 6.67 Å². The number of hydrogen-bond acceptors (Lipinski definition) is 3. The van der Waals surface area contributed by atoms with Crippen LogP contribution < -0.4 is 11.1 Å². The molecule has 0 amide bonds. The van der Waals surface area contributed by atoms with Gasteiger partial charge in [-0.3, -0.25) is 0 Å². The van der Waals surface area contributed by atoms with Gasteiger partial charge in [-0.05, 0) is 29.9 Å². The van der Waals surface area contributed by atoms with Crippen LogP contribution in [0.25, 0.3) is 0 Å². The molecule has 0 saturated heterocycles. The lowest BCUT2D eigenvalue weighted by Gasteiger charge is -2.03. The minimum Gasteiger partial charge on any atom is -0.318 e. The predicted octanol–water partition coefficient (Wildman–Crippen LogP) is 1.85. The normalized spacial score (nSPS) is 10.4. The molecule has 0 heterocycles. The molecule has 0 saturated carbocycles. The Morgan fingerprint density at radius 1 is 1.29 bits per heavy atom. The first-order valence-corrected chi connectivity index (χ1v) is 5.98. The summed E-state index contributed by atoms with van der Waals surface area (Å²) in [4.78, 5) is 1.35. The summed E-state index contributed by atoms with van der Waals surface area (Å²) in [7, 11) is 0. The van der Waals surface area contributed by atoms with Crippen LogP contribution in [0.4, 0.5) is 0 Å². The summed E-state index contributed by atoms with van der Waals surface area (Å²) < 4.78 is 0. The van der Waals surface area contributed by atoms with Gasteiger partial charge in [0.05, 0.1) is 0 Å². The Morgan fingerprint density at radius 2 is 2.00 bits per heavy atom. The average molecular weight is 210 g/mol. The van der Waals surface area contributed by atoms with Gasteiger partial charge < -0.3 is 11.1 Å². The molecular formula is C11H18N2S. The smallest absolute Gasteiger partial charge is 0.0428 e. The van der Waals surface area contributed by atoms with E-state index in [-0.39, 0.29) is 0 Å². The largest absolute Gasteiger partial charge is 0.318 e. The van der Waals surface area contributed by atoms with Crippen molar-refractivity contribution in [2.24, 2.45) is 5.73 Å². The number of hydrogen-bond donors (Lipinski definition) is 2. The fraction of sp³-hybridized carbons (Fsp3) is 0.455. The van der Waals surface area contributed by atoms with Gasteiger partial charge in [0.2, 0.25) is 0 Å². The maximum atomic E-state index is 5.34. The zero-order valence-electron chi connectivity index (χ0n) is 8.62. The molecule has 0 radical (unpaired) electrons. The predicted molar refractivity (Wildman–Crippen MR) is 63.6 cm³/mol. The van der Waals surface area contributed by atoms with Gasteiger partial charge in [-0.15, -0.1) is 11.8 Å². The van der Waals surface area contributed by atoms with Crippen molar-refractivity contribution in [2.75, 3.05) is 19.0 Å². The Labute approximate surface area is 90.3 Å². The lowest BCUT2D eigenvalue weighted by atomic mass is 10.1. The van der Waals surface area contributed by atoms with Crippen LogP contribution in [0.1, 0.15) is 12.5 Å². The van der Waals surface area contributed by atoms with Gasteiger partial charge in [-0.1, -0.05) is 19.1 Å². The lowest BCUT2D eigenvalue weighted by molar-refractivity contribution is 0.701. The van der Waals surface area contributed by atoms with Crippen molar-refractivity contribution in [3.63, 3.8) is 0 Å². The molecule has 0 bridgehead atoms. The third-order valence-corrected chi connectivity index (χ3v) is 2.86. The molecule has 0 aliphatic heterocycles. The van der Waals surface area contributed by atoms with Crippen LogP contribution in [0.15, 0.2) is 29.2 Å². The Balaban J connectivity index is 2.38. The van der Waals surface area contributed by atoms with E-state index in [9.17, 15) is 0 Å². The molecule has 3 N–H and O–H groups in total. The van der Waals surface area contributed by atoms with Gasteiger partial charge in [0.25, 0.3) is 0 Å². The second-order valence-corrected chi connectivity index (χ2v) is 4.37. The van der Waals surface area contributed by atoms with Crippen molar-refractivity contribution in [3.05, 3.63) is 29.8 Å². The summed E-state index contributed by atoms with van der Waals surface area (Å²) in [5.74, 6) is 1.13. The Bertz CT molecular complexity index is 246. The van der Waals surface area contributed by atoms with E-state index in [2.05, 4.69) is 36.5 Å². The van der Waals surface area contributed by atoms with E-state index in [1.165, 1.54) is 10.5 Å². The first-order chi connectivity index (χ1) is 6.86. The fourth-order valence-electron chi connectivity index (χ4n) is 1.25. The van der Waals surface area contributed by atoms with E-state index >= 15 is 0 Å². The zero-order chi connectivity index (χ0) is 10.2. The van der Waals surface area contributed by atoms with Gasteiger partial charge >= 0.3 is 0 Å². The van der Waals surface area contributed by atoms with Crippen LogP contribution in [-0.4, -0.2) is 19.0 Å². The molecule has 0 fully saturated rings. The maximum Gasteiger partial charge on any atom is 0.0428 e. The highest BCUT2D eigenvalue weighted by Crippen LogP contribution is 2.17. The van der Waals surface area contributed by atoms with Crippen molar-refractivity contribution in [1.82, 2.24) is 5.32 Å². The molecule has 2 nitrogen and oxygen atoms in total. The quantitative estimate of drug-likeness (QED) is 0.427. The summed E-state index contributed by atoms with van der Waals surface area (Å²) in [6.45, 7) is 3.68. The third-order valence-electron chi connectivity index (χ3n) is 1.97. The van der Waals surface area contributed by atoms with E-state index in [1.54, 1.807) is 0 Å². The highest BCUT2D eigenvalue weighted by Gasteiger charge is 1.94. The number of thioether (sulfide) groups is 1. The standard InChI is InChI=1S/C11H18N2S/c1-2-14-11-5-3-10(4-6-11)7-8-13-9-12/h3-6,13H,2,7-9,12H2,1H3. The number of benzene rings is 1. The molecule has 0 aliphatic rings. The molecule has 0 spiro atoms. The van der Waals surface area contributed by atoms with Crippen molar-refractivity contribution in [1.29, 1.82) is 0 Å². The first-order valence-electron chi connectivity index (χ1n) is 4.99. The number of rotatable bonds is 6. The topological polar surface area (TPSA) is 38.0 Å².